The maximum atomic E-state index is 12.3. The fourth-order valence-corrected chi connectivity index (χ4v) is 3.98. The number of likely N-dealkylation sites (tertiary alicyclic amines) is 1. The number of amides is 1. The molecule has 0 aliphatic carbocycles. The number of hydrogen-bond acceptors (Lipinski definition) is 4. The van der Waals surface area contributed by atoms with Crippen molar-refractivity contribution in [3.63, 3.8) is 0 Å². The topological polar surface area (TPSA) is 59.4 Å². The Morgan fingerprint density at radius 1 is 1.36 bits per heavy atom. The molecule has 6 heteroatoms. The van der Waals surface area contributed by atoms with Crippen molar-refractivity contribution in [1.29, 1.82) is 0 Å². The largest absolute Gasteiger partial charge is 0.376 e. The number of rotatable bonds is 5. The molecule has 0 bridgehead atoms. The van der Waals surface area contributed by atoms with Gasteiger partial charge in [-0.15, -0.1) is 0 Å². The summed E-state index contributed by atoms with van der Waals surface area (Å²) in [6.07, 6.45) is 5.90. The minimum absolute atomic E-state index is 0.0128. The van der Waals surface area contributed by atoms with Gasteiger partial charge in [-0.3, -0.25) is 14.7 Å². The van der Waals surface area contributed by atoms with Crippen LogP contribution < -0.4 is 5.32 Å². The summed E-state index contributed by atoms with van der Waals surface area (Å²) in [5.74, 6) is 0.861. The first-order valence-electron chi connectivity index (χ1n) is 8.83. The second-order valence-electron chi connectivity index (χ2n) is 7.07. The van der Waals surface area contributed by atoms with Gasteiger partial charge in [0.2, 0.25) is 0 Å². The van der Waals surface area contributed by atoms with Gasteiger partial charge in [-0.2, -0.15) is 0 Å². The molecular formula is C19H24N4O2. The van der Waals surface area contributed by atoms with E-state index in [0.29, 0.717) is 24.1 Å². The van der Waals surface area contributed by atoms with Crippen molar-refractivity contribution >= 4 is 5.91 Å². The minimum Gasteiger partial charge on any atom is -0.376 e. The minimum atomic E-state index is -0.0128. The Balaban J connectivity index is 1.31. The van der Waals surface area contributed by atoms with Crippen LogP contribution in [0, 0.1) is 11.8 Å². The van der Waals surface area contributed by atoms with Crippen molar-refractivity contribution in [2.75, 3.05) is 26.2 Å². The molecular weight excluding hydrogens is 316 g/mol. The molecule has 0 unspecified atom stereocenters. The van der Waals surface area contributed by atoms with E-state index in [2.05, 4.69) is 21.3 Å². The van der Waals surface area contributed by atoms with E-state index >= 15 is 0 Å². The molecule has 2 aliphatic rings. The second kappa shape index (κ2) is 6.98. The third-order valence-corrected chi connectivity index (χ3v) is 5.34. The Hall–Kier alpha value is -2.18. The summed E-state index contributed by atoms with van der Waals surface area (Å²) in [4.78, 5) is 18.9. The maximum Gasteiger partial charge on any atom is 0.267 e. The second-order valence-corrected chi connectivity index (χ2v) is 7.07. The normalized spacial score (nSPS) is 25.9. The van der Waals surface area contributed by atoms with Gasteiger partial charge in [-0.1, -0.05) is 6.07 Å². The number of pyridine rings is 1. The summed E-state index contributed by atoms with van der Waals surface area (Å²) < 4.78 is 7.83. The summed E-state index contributed by atoms with van der Waals surface area (Å²) in [5.41, 5.74) is 1.93. The number of hydrogen-bond donors (Lipinski definition) is 1. The summed E-state index contributed by atoms with van der Waals surface area (Å²) in [5, 5.41) is 3.08. The first kappa shape index (κ1) is 16.3. The molecule has 132 valence electrons. The zero-order valence-electron chi connectivity index (χ0n) is 14.5. The third-order valence-electron chi connectivity index (χ3n) is 5.34. The SMILES string of the molecule is Cn1cccc1C(=O)NC[C@@H]1CO[C@@H]2CN(Cc3cccnc3)C[C@H]12. The maximum absolute atomic E-state index is 12.3. The first-order chi connectivity index (χ1) is 12.2. The number of ether oxygens (including phenoxy) is 1. The van der Waals surface area contributed by atoms with Gasteiger partial charge in [0.15, 0.2) is 0 Å². The average molecular weight is 340 g/mol. The summed E-state index contributed by atoms with van der Waals surface area (Å²) >= 11 is 0. The van der Waals surface area contributed by atoms with Gasteiger partial charge >= 0.3 is 0 Å². The number of nitrogens with one attached hydrogen (secondary N) is 1. The Morgan fingerprint density at radius 2 is 2.28 bits per heavy atom. The molecule has 4 heterocycles. The molecule has 2 saturated heterocycles. The van der Waals surface area contributed by atoms with Crippen molar-refractivity contribution in [2.24, 2.45) is 18.9 Å². The van der Waals surface area contributed by atoms with E-state index in [4.69, 9.17) is 4.74 Å². The van der Waals surface area contributed by atoms with E-state index in [1.54, 1.807) is 6.20 Å². The van der Waals surface area contributed by atoms with Crippen LogP contribution in [0.5, 0.6) is 0 Å². The summed E-state index contributed by atoms with van der Waals surface area (Å²) in [7, 11) is 1.89. The Labute approximate surface area is 147 Å². The van der Waals surface area contributed by atoms with Gasteiger partial charge in [-0.25, -0.2) is 0 Å². The van der Waals surface area contributed by atoms with Gasteiger partial charge in [0, 0.05) is 63.7 Å². The van der Waals surface area contributed by atoms with Gasteiger partial charge < -0.3 is 14.6 Å². The van der Waals surface area contributed by atoms with Crippen LogP contribution in [0.1, 0.15) is 16.1 Å². The lowest BCUT2D eigenvalue weighted by molar-refractivity contribution is 0.0899. The molecule has 0 radical (unpaired) electrons. The van der Waals surface area contributed by atoms with E-state index in [1.807, 2.05) is 42.2 Å². The summed E-state index contributed by atoms with van der Waals surface area (Å²) in [6.45, 7) is 4.30. The molecule has 1 amide bonds. The molecule has 0 spiro atoms. The van der Waals surface area contributed by atoms with E-state index in [0.717, 1.165) is 26.2 Å². The van der Waals surface area contributed by atoms with E-state index in [9.17, 15) is 4.79 Å². The molecule has 2 aromatic heterocycles. The molecule has 2 fully saturated rings. The van der Waals surface area contributed by atoms with Crippen LogP contribution >= 0.6 is 0 Å². The molecule has 2 aromatic rings. The van der Waals surface area contributed by atoms with Gasteiger partial charge in [-0.05, 0) is 23.8 Å². The van der Waals surface area contributed by atoms with Crippen LogP contribution in [0.4, 0.5) is 0 Å². The van der Waals surface area contributed by atoms with Gasteiger partial charge in [0.25, 0.3) is 5.91 Å². The number of carbonyl (C=O) groups excluding carboxylic acids is 1. The van der Waals surface area contributed by atoms with Crippen LogP contribution in [0.25, 0.3) is 0 Å². The molecule has 0 aromatic carbocycles. The lowest BCUT2D eigenvalue weighted by Gasteiger charge is -2.20. The molecule has 4 rings (SSSR count). The van der Waals surface area contributed by atoms with Gasteiger partial charge in [0.1, 0.15) is 5.69 Å². The lowest BCUT2D eigenvalue weighted by Crippen LogP contribution is -2.34. The quantitative estimate of drug-likeness (QED) is 0.891. The van der Waals surface area contributed by atoms with Crippen LogP contribution in [0.3, 0.4) is 0 Å². The number of nitrogens with zero attached hydrogens (tertiary/aromatic N) is 3. The van der Waals surface area contributed by atoms with Crippen molar-refractivity contribution < 1.29 is 9.53 Å². The Kier molecular flexibility index (Phi) is 4.55. The molecule has 2 aliphatic heterocycles. The smallest absolute Gasteiger partial charge is 0.267 e. The number of aryl methyl sites for hydroxylation is 1. The predicted molar refractivity (Wildman–Crippen MR) is 94.0 cm³/mol. The molecule has 1 N–H and O–H groups in total. The van der Waals surface area contributed by atoms with Crippen LogP contribution in [0.15, 0.2) is 42.9 Å². The van der Waals surface area contributed by atoms with Crippen molar-refractivity contribution in [3.8, 4) is 0 Å². The molecule has 0 saturated carbocycles. The van der Waals surface area contributed by atoms with E-state index < -0.39 is 0 Å². The standard InChI is InChI=1S/C19H24N4O2/c1-22-7-3-5-17(22)19(24)21-9-15-13-25-18-12-23(11-16(15)18)10-14-4-2-6-20-8-14/h2-8,15-16,18H,9-13H2,1H3,(H,21,24)/t15-,16-,18-/m1/s1. The lowest BCUT2D eigenvalue weighted by atomic mass is 9.93. The first-order valence-corrected chi connectivity index (χ1v) is 8.83. The third kappa shape index (κ3) is 3.45. The Morgan fingerprint density at radius 3 is 3.04 bits per heavy atom. The van der Waals surface area contributed by atoms with Crippen molar-refractivity contribution in [2.45, 2.75) is 12.6 Å². The van der Waals surface area contributed by atoms with Gasteiger partial charge in [0.05, 0.1) is 12.7 Å². The molecule has 6 nitrogen and oxygen atoms in total. The number of aromatic nitrogens is 2. The summed E-state index contributed by atoms with van der Waals surface area (Å²) in [6, 6.07) is 7.82. The Bertz CT molecular complexity index is 730. The zero-order chi connectivity index (χ0) is 17.2. The fraction of sp³-hybridized carbons (Fsp3) is 0.474. The number of fused-ring (bicyclic) bond motifs is 1. The highest BCUT2D eigenvalue weighted by atomic mass is 16.5. The number of carbonyl (C=O) groups is 1. The molecule has 25 heavy (non-hydrogen) atoms. The van der Waals surface area contributed by atoms with E-state index in [1.165, 1.54) is 5.56 Å². The predicted octanol–water partition coefficient (Wildman–Crippen LogP) is 1.30. The highest BCUT2D eigenvalue weighted by Gasteiger charge is 2.43. The average Bonchev–Trinajstić information content (AvgIpc) is 3.30. The van der Waals surface area contributed by atoms with Crippen LogP contribution in [0.2, 0.25) is 0 Å². The highest BCUT2D eigenvalue weighted by molar-refractivity contribution is 5.92. The highest BCUT2D eigenvalue weighted by Crippen LogP contribution is 2.34. The van der Waals surface area contributed by atoms with Crippen LogP contribution in [-0.4, -0.2) is 52.7 Å². The van der Waals surface area contributed by atoms with Crippen molar-refractivity contribution in [1.82, 2.24) is 19.8 Å². The zero-order valence-corrected chi connectivity index (χ0v) is 14.5. The van der Waals surface area contributed by atoms with Crippen LogP contribution in [-0.2, 0) is 18.3 Å². The fourth-order valence-electron chi connectivity index (χ4n) is 3.98. The molecule has 3 atom stereocenters. The monoisotopic (exact) mass is 340 g/mol. The van der Waals surface area contributed by atoms with Crippen molar-refractivity contribution in [3.05, 3.63) is 54.1 Å². The van der Waals surface area contributed by atoms with E-state index in [-0.39, 0.29) is 12.0 Å².